The molecule has 0 aliphatic carbocycles. The summed E-state index contributed by atoms with van der Waals surface area (Å²) in [5.41, 5.74) is 0.228. The molecule has 82 valence electrons. The Balaban J connectivity index is 2.50. The highest BCUT2D eigenvalue weighted by atomic mass is 79.9. The van der Waals surface area contributed by atoms with Crippen molar-refractivity contribution in [2.75, 3.05) is 0 Å². The molecule has 1 aromatic carbocycles. The highest BCUT2D eigenvalue weighted by Crippen LogP contribution is 2.28. The fraction of sp³-hybridized carbons (Fsp3) is 0. The Morgan fingerprint density at radius 1 is 1.50 bits per heavy atom. The van der Waals surface area contributed by atoms with Gasteiger partial charge in [-0.15, -0.1) is 11.3 Å². The van der Waals surface area contributed by atoms with Gasteiger partial charge in [0.25, 0.3) is 0 Å². The number of halogens is 2. The molecule has 0 radical (unpaired) electrons. The zero-order chi connectivity index (χ0) is 11.7. The van der Waals surface area contributed by atoms with Gasteiger partial charge in [-0.2, -0.15) is 0 Å². The maximum absolute atomic E-state index is 13.5. The van der Waals surface area contributed by atoms with Gasteiger partial charge < -0.3 is 5.11 Å². The smallest absolute Gasteiger partial charge is 0.355 e. The Kier molecular flexibility index (Phi) is 3.02. The van der Waals surface area contributed by atoms with Crippen LogP contribution in [0.4, 0.5) is 4.39 Å². The van der Waals surface area contributed by atoms with Gasteiger partial charge >= 0.3 is 5.97 Å². The SMILES string of the molecule is O=C(O)c1csc(-c2cc(Br)ccc2F)n1. The molecule has 1 N–H and O–H groups in total. The minimum absolute atomic E-state index is 0.0700. The van der Waals surface area contributed by atoms with Crippen molar-refractivity contribution in [2.24, 2.45) is 0 Å². The van der Waals surface area contributed by atoms with Crippen LogP contribution in [0, 0.1) is 5.82 Å². The number of carboxylic acid groups (broad SMARTS) is 1. The van der Waals surface area contributed by atoms with Crippen LogP contribution < -0.4 is 0 Å². The van der Waals surface area contributed by atoms with Crippen molar-refractivity contribution in [1.29, 1.82) is 0 Å². The third-order valence-electron chi connectivity index (χ3n) is 1.88. The van der Waals surface area contributed by atoms with E-state index in [0.29, 0.717) is 10.6 Å². The summed E-state index contributed by atoms with van der Waals surface area (Å²) in [6.07, 6.45) is 0. The van der Waals surface area contributed by atoms with Crippen LogP contribution in [-0.4, -0.2) is 16.1 Å². The quantitative estimate of drug-likeness (QED) is 0.925. The molecule has 0 aliphatic rings. The van der Waals surface area contributed by atoms with Gasteiger partial charge in [-0.05, 0) is 18.2 Å². The molecule has 0 atom stereocenters. The standard InChI is InChI=1S/C10H5BrFNO2S/c11-5-1-2-7(12)6(3-5)9-13-8(4-16-9)10(14)15/h1-4H,(H,14,15). The van der Waals surface area contributed by atoms with E-state index in [2.05, 4.69) is 20.9 Å². The predicted molar refractivity (Wildman–Crippen MR) is 62.2 cm³/mol. The lowest BCUT2D eigenvalue weighted by atomic mass is 10.2. The monoisotopic (exact) mass is 301 g/mol. The molecule has 0 fully saturated rings. The number of carboxylic acids is 1. The highest BCUT2D eigenvalue weighted by Gasteiger charge is 2.13. The number of rotatable bonds is 2. The molecule has 1 aromatic heterocycles. The predicted octanol–water partition coefficient (Wildman–Crippen LogP) is 3.41. The normalized spacial score (nSPS) is 10.4. The van der Waals surface area contributed by atoms with Crippen molar-refractivity contribution in [2.45, 2.75) is 0 Å². The van der Waals surface area contributed by atoms with E-state index in [0.717, 1.165) is 15.8 Å². The summed E-state index contributed by atoms with van der Waals surface area (Å²) in [6, 6.07) is 4.45. The molecule has 2 rings (SSSR count). The molecule has 0 aliphatic heterocycles. The number of carbonyl (C=O) groups is 1. The van der Waals surface area contributed by atoms with E-state index >= 15 is 0 Å². The lowest BCUT2D eigenvalue weighted by molar-refractivity contribution is 0.0691. The number of aromatic carboxylic acids is 1. The topological polar surface area (TPSA) is 50.2 Å². The van der Waals surface area contributed by atoms with E-state index in [1.165, 1.54) is 11.4 Å². The number of thiazole rings is 1. The Morgan fingerprint density at radius 3 is 2.88 bits per heavy atom. The van der Waals surface area contributed by atoms with Gasteiger partial charge in [-0.3, -0.25) is 0 Å². The third kappa shape index (κ3) is 2.12. The van der Waals surface area contributed by atoms with E-state index < -0.39 is 11.8 Å². The maximum atomic E-state index is 13.5. The first-order valence-electron chi connectivity index (χ1n) is 4.22. The number of hydrogen-bond donors (Lipinski definition) is 1. The first-order valence-corrected chi connectivity index (χ1v) is 5.89. The molecule has 6 heteroatoms. The molecule has 0 unspecified atom stereocenters. The van der Waals surface area contributed by atoms with Crippen LogP contribution in [-0.2, 0) is 0 Å². The second-order valence-electron chi connectivity index (χ2n) is 2.97. The fourth-order valence-corrected chi connectivity index (χ4v) is 2.33. The number of nitrogens with zero attached hydrogens (tertiary/aromatic N) is 1. The fourth-order valence-electron chi connectivity index (χ4n) is 1.16. The zero-order valence-electron chi connectivity index (χ0n) is 7.78. The summed E-state index contributed by atoms with van der Waals surface area (Å²) in [5, 5.41) is 10.5. The number of benzene rings is 1. The van der Waals surface area contributed by atoms with Crippen LogP contribution in [0.2, 0.25) is 0 Å². The highest BCUT2D eigenvalue weighted by molar-refractivity contribution is 9.10. The molecule has 1 heterocycles. The minimum Gasteiger partial charge on any atom is -0.476 e. The summed E-state index contributed by atoms with van der Waals surface area (Å²) in [4.78, 5) is 14.5. The second kappa shape index (κ2) is 4.31. The molecular weight excluding hydrogens is 297 g/mol. The lowest BCUT2D eigenvalue weighted by Gasteiger charge is -1.99. The number of hydrogen-bond acceptors (Lipinski definition) is 3. The molecule has 0 spiro atoms. The van der Waals surface area contributed by atoms with Gasteiger partial charge in [0, 0.05) is 15.4 Å². The van der Waals surface area contributed by atoms with E-state index in [-0.39, 0.29) is 5.69 Å². The van der Waals surface area contributed by atoms with E-state index in [1.54, 1.807) is 12.1 Å². The Labute approximate surface area is 103 Å². The first kappa shape index (κ1) is 11.2. The van der Waals surface area contributed by atoms with Crippen LogP contribution in [0.5, 0.6) is 0 Å². The molecule has 0 bridgehead atoms. The molecular formula is C10H5BrFNO2S. The summed E-state index contributed by atoms with van der Waals surface area (Å²) in [7, 11) is 0. The van der Waals surface area contributed by atoms with Gasteiger partial charge in [-0.1, -0.05) is 15.9 Å². The maximum Gasteiger partial charge on any atom is 0.355 e. The van der Waals surface area contributed by atoms with Crippen molar-refractivity contribution < 1.29 is 14.3 Å². The van der Waals surface area contributed by atoms with Crippen LogP contribution in [0.15, 0.2) is 28.1 Å². The Morgan fingerprint density at radius 2 is 2.25 bits per heavy atom. The number of aromatic nitrogens is 1. The molecule has 0 saturated carbocycles. The van der Waals surface area contributed by atoms with Gasteiger partial charge in [0.15, 0.2) is 5.69 Å². The minimum atomic E-state index is -1.11. The van der Waals surface area contributed by atoms with Crippen LogP contribution in [0.3, 0.4) is 0 Å². The zero-order valence-corrected chi connectivity index (χ0v) is 10.2. The Bertz CT molecular complexity index is 556. The van der Waals surface area contributed by atoms with Crippen molar-refractivity contribution in [3.63, 3.8) is 0 Å². The average molecular weight is 302 g/mol. The van der Waals surface area contributed by atoms with E-state index in [4.69, 9.17) is 5.11 Å². The van der Waals surface area contributed by atoms with Gasteiger partial charge in [0.1, 0.15) is 10.8 Å². The summed E-state index contributed by atoms with van der Waals surface area (Å²) in [6.45, 7) is 0. The second-order valence-corrected chi connectivity index (χ2v) is 4.74. The molecule has 3 nitrogen and oxygen atoms in total. The summed E-state index contributed by atoms with van der Waals surface area (Å²) >= 11 is 4.32. The van der Waals surface area contributed by atoms with Gasteiger partial charge in [0.2, 0.25) is 0 Å². The average Bonchev–Trinajstić information content (AvgIpc) is 2.70. The molecule has 2 aromatic rings. The van der Waals surface area contributed by atoms with Crippen molar-refractivity contribution in [3.05, 3.63) is 39.6 Å². The Hall–Kier alpha value is -1.27. The molecule has 0 amide bonds. The van der Waals surface area contributed by atoms with E-state index in [9.17, 15) is 9.18 Å². The van der Waals surface area contributed by atoms with Crippen molar-refractivity contribution in [3.8, 4) is 10.6 Å². The van der Waals surface area contributed by atoms with Crippen LogP contribution in [0.1, 0.15) is 10.5 Å². The van der Waals surface area contributed by atoms with Crippen molar-refractivity contribution in [1.82, 2.24) is 4.98 Å². The molecule has 16 heavy (non-hydrogen) atoms. The summed E-state index contributed by atoms with van der Waals surface area (Å²) < 4.78 is 14.2. The van der Waals surface area contributed by atoms with Crippen LogP contribution in [0.25, 0.3) is 10.6 Å². The largest absolute Gasteiger partial charge is 0.476 e. The van der Waals surface area contributed by atoms with Crippen molar-refractivity contribution >= 4 is 33.2 Å². The third-order valence-corrected chi connectivity index (χ3v) is 3.25. The van der Waals surface area contributed by atoms with E-state index in [1.807, 2.05) is 0 Å². The first-order chi connectivity index (χ1) is 7.58. The lowest BCUT2D eigenvalue weighted by Crippen LogP contribution is -1.95. The summed E-state index contributed by atoms with van der Waals surface area (Å²) in [5.74, 6) is -1.53. The van der Waals surface area contributed by atoms with Crippen LogP contribution >= 0.6 is 27.3 Å². The molecule has 0 saturated heterocycles. The van der Waals surface area contributed by atoms with Gasteiger partial charge in [-0.25, -0.2) is 14.2 Å². The van der Waals surface area contributed by atoms with Gasteiger partial charge in [0.05, 0.1) is 0 Å².